The van der Waals surface area contributed by atoms with Crippen molar-refractivity contribution in [2.24, 2.45) is 5.73 Å². The van der Waals surface area contributed by atoms with Crippen molar-refractivity contribution in [3.63, 3.8) is 0 Å². The Kier molecular flexibility index (Phi) is 2.46. The molecule has 0 spiro atoms. The van der Waals surface area contributed by atoms with E-state index in [4.69, 9.17) is 5.73 Å². The summed E-state index contributed by atoms with van der Waals surface area (Å²) in [5.74, 6) is -0.706. The van der Waals surface area contributed by atoms with E-state index in [1.54, 1.807) is 18.2 Å². The summed E-state index contributed by atoms with van der Waals surface area (Å²) in [6.45, 7) is 3.26. The summed E-state index contributed by atoms with van der Waals surface area (Å²) in [5, 5.41) is 0. The SMILES string of the molecule is CC(=O)c1ccc(C)cc1C(N)=O. The zero-order valence-corrected chi connectivity index (χ0v) is 7.63. The Hall–Kier alpha value is -1.64. The predicted molar refractivity (Wildman–Crippen MR) is 49.7 cm³/mol. The van der Waals surface area contributed by atoms with Gasteiger partial charge in [0.25, 0.3) is 0 Å². The first-order valence-electron chi connectivity index (χ1n) is 3.93. The Morgan fingerprint density at radius 3 is 2.31 bits per heavy atom. The fourth-order valence-corrected chi connectivity index (χ4v) is 1.17. The Balaban J connectivity index is 3.35. The van der Waals surface area contributed by atoms with Crippen molar-refractivity contribution in [1.29, 1.82) is 0 Å². The number of carbonyl (C=O) groups excluding carboxylic acids is 2. The lowest BCUT2D eigenvalue weighted by Crippen LogP contribution is -2.15. The van der Waals surface area contributed by atoms with Gasteiger partial charge in [0.1, 0.15) is 0 Å². The number of nitrogens with two attached hydrogens (primary N) is 1. The molecule has 0 unspecified atom stereocenters. The molecule has 1 amide bonds. The molecule has 3 heteroatoms. The van der Waals surface area contributed by atoms with Gasteiger partial charge in [0.05, 0.1) is 5.56 Å². The molecule has 0 aliphatic carbocycles. The number of ketones is 1. The quantitative estimate of drug-likeness (QED) is 0.692. The van der Waals surface area contributed by atoms with Crippen LogP contribution in [0.3, 0.4) is 0 Å². The van der Waals surface area contributed by atoms with Crippen LogP contribution in [0.5, 0.6) is 0 Å². The van der Waals surface area contributed by atoms with Crippen molar-refractivity contribution >= 4 is 11.7 Å². The van der Waals surface area contributed by atoms with Gasteiger partial charge in [0, 0.05) is 5.56 Å². The highest BCUT2D eigenvalue weighted by Gasteiger charge is 2.11. The monoisotopic (exact) mass is 177 g/mol. The Morgan fingerprint density at radius 1 is 1.23 bits per heavy atom. The molecule has 0 heterocycles. The van der Waals surface area contributed by atoms with Crippen LogP contribution in [-0.4, -0.2) is 11.7 Å². The number of benzene rings is 1. The van der Waals surface area contributed by atoms with Crippen LogP contribution >= 0.6 is 0 Å². The molecule has 1 aromatic carbocycles. The minimum absolute atomic E-state index is 0.145. The van der Waals surface area contributed by atoms with Gasteiger partial charge >= 0.3 is 0 Å². The molecule has 0 aliphatic rings. The largest absolute Gasteiger partial charge is 0.366 e. The molecular weight excluding hydrogens is 166 g/mol. The van der Waals surface area contributed by atoms with Crippen LogP contribution in [0.1, 0.15) is 33.2 Å². The third kappa shape index (κ3) is 1.93. The molecule has 68 valence electrons. The van der Waals surface area contributed by atoms with Gasteiger partial charge in [-0.25, -0.2) is 0 Å². The Bertz CT molecular complexity index is 369. The van der Waals surface area contributed by atoms with E-state index >= 15 is 0 Å². The van der Waals surface area contributed by atoms with E-state index in [2.05, 4.69) is 0 Å². The predicted octanol–water partition coefficient (Wildman–Crippen LogP) is 1.30. The van der Waals surface area contributed by atoms with E-state index in [0.717, 1.165) is 5.56 Å². The first-order valence-corrected chi connectivity index (χ1v) is 3.93. The summed E-state index contributed by atoms with van der Waals surface area (Å²) >= 11 is 0. The number of primary amides is 1. The second kappa shape index (κ2) is 3.39. The number of Topliss-reactive ketones (excluding diaryl/α,β-unsaturated/α-hetero) is 1. The highest BCUT2D eigenvalue weighted by molar-refractivity contribution is 6.06. The van der Waals surface area contributed by atoms with Crippen molar-refractivity contribution in [2.45, 2.75) is 13.8 Å². The number of rotatable bonds is 2. The van der Waals surface area contributed by atoms with Crippen molar-refractivity contribution in [1.82, 2.24) is 0 Å². The number of amides is 1. The van der Waals surface area contributed by atoms with Crippen LogP contribution in [0.25, 0.3) is 0 Å². The highest BCUT2D eigenvalue weighted by Crippen LogP contribution is 2.11. The van der Waals surface area contributed by atoms with Crippen LogP contribution in [0.15, 0.2) is 18.2 Å². The van der Waals surface area contributed by atoms with Gasteiger partial charge in [0.15, 0.2) is 5.78 Å². The summed E-state index contributed by atoms with van der Waals surface area (Å²) in [6, 6.07) is 5.03. The zero-order valence-electron chi connectivity index (χ0n) is 7.63. The van der Waals surface area contributed by atoms with E-state index in [9.17, 15) is 9.59 Å². The van der Waals surface area contributed by atoms with E-state index in [-0.39, 0.29) is 5.78 Å². The Morgan fingerprint density at radius 2 is 1.85 bits per heavy atom. The summed E-state index contributed by atoms with van der Waals surface area (Å²) in [7, 11) is 0. The molecule has 0 bridgehead atoms. The molecule has 0 atom stereocenters. The molecular formula is C10H11NO2. The van der Waals surface area contributed by atoms with Crippen molar-refractivity contribution < 1.29 is 9.59 Å². The van der Waals surface area contributed by atoms with Gasteiger partial charge in [0.2, 0.25) is 5.91 Å². The van der Waals surface area contributed by atoms with Crippen LogP contribution < -0.4 is 5.73 Å². The molecule has 0 aromatic heterocycles. The normalized spacial score (nSPS) is 9.69. The highest BCUT2D eigenvalue weighted by atomic mass is 16.1. The van der Waals surface area contributed by atoms with Crippen LogP contribution in [0.2, 0.25) is 0 Å². The molecule has 0 aliphatic heterocycles. The molecule has 0 saturated heterocycles. The Labute approximate surface area is 76.6 Å². The van der Waals surface area contributed by atoms with Gasteiger partial charge < -0.3 is 5.73 Å². The second-order valence-corrected chi connectivity index (χ2v) is 2.97. The lowest BCUT2D eigenvalue weighted by Gasteiger charge is -2.03. The molecule has 3 nitrogen and oxygen atoms in total. The lowest BCUT2D eigenvalue weighted by molar-refractivity contribution is 0.0973. The molecule has 0 fully saturated rings. The van der Waals surface area contributed by atoms with E-state index in [1.807, 2.05) is 6.92 Å². The van der Waals surface area contributed by atoms with Crippen molar-refractivity contribution in [3.8, 4) is 0 Å². The smallest absolute Gasteiger partial charge is 0.249 e. The van der Waals surface area contributed by atoms with Crippen LogP contribution in [0.4, 0.5) is 0 Å². The fourth-order valence-electron chi connectivity index (χ4n) is 1.17. The summed E-state index contributed by atoms with van der Waals surface area (Å²) in [6.07, 6.45) is 0. The maximum Gasteiger partial charge on any atom is 0.249 e. The molecule has 0 radical (unpaired) electrons. The van der Waals surface area contributed by atoms with Crippen molar-refractivity contribution in [3.05, 3.63) is 34.9 Å². The van der Waals surface area contributed by atoms with Gasteiger partial charge in [-0.3, -0.25) is 9.59 Å². The summed E-state index contributed by atoms with van der Waals surface area (Å²) < 4.78 is 0. The maximum atomic E-state index is 11.1. The third-order valence-corrected chi connectivity index (χ3v) is 1.82. The van der Waals surface area contributed by atoms with Gasteiger partial charge in [-0.1, -0.05) is 17.7 Å². The van der Waals surface area contributed by atoms with E-state index < -0.39 is 5.91 Å². The second-order valence-electron chi connectivity index (χ2n) is 2.97. The lowest BCUT2D eigenvalue weighted by atomic mass is 10.0. The number of aryl methyl sites for hydroxylation is 1. The average molecular weight is 177 g/mol. The van der Waals surface area contributed by atoms with Crippen molar-refractivity contribution in [2.75, 3.05) is 0 Å². The molecule has 1 rings (SSSR count). The van der Waals surface area contributed by atoms with E-state index in [0.29, 0.717) is 11.1 Å². The van der Waals surface area contributed by atoms with Gasteiger partial charge in [-0.2, -0.15) is 0 Å². The molecule has 1 aromatic rings. The van der Waals surface area contributed by atoms with Crippen LogP contribution in [-0.2, 0) is 0 Å². The number of hydrogen-bond donors (Lipinski definition) is 1. The minimum atomic E-state index is -0.561. The first kappa shape index (κ1) is 9.45. The molecule has 0 saturated carbocycles. The van der Waals surface area contributed by atoms with E-state index in [1.165, 1.54) is 6.92 Å². The van der Waals surface area contributed by atoms with Gasteiger partial charge in [-0.05, 0) is 19.9 Å². The van der Waals surface area contributed by atoms with Gasteiger partial charge in [-0.15, -0.1) is 0 Å². The average Bonchev–Trinajstić information content (AvgIpc) is 2.03. The standard InChI is InChI=1S/C10H11NO2/c1-6-3-4-8(7(2)12)9(5-6)10(11)13/h3-5H,1-2H3,(H2,11,13). The van der Waals surface area contributed by atoms with Crippen LogP contribution in [0, 0.1) is 6.92 Å². The fraction of sp³-hybridized carbons (Fsp3) is 0.200. The summed E-state index contributed by atoms with van der Waals surface area (Å²) in [4.78, 5) is 22.0. The molecule has 2 N–H and O–H groups in total. The topological polar surface area (TPSA) is 60.2 Å². The molecule has 13 heavy (non-hydrogen) atoms. The first-order chi connectivity index (χ1) is 6.02. The summed E-state index contributed by atoms with van der Waals surface area (Å²) in [5.41, 5.74) is 6.73. The maximum absolute atomic E-state index is 11.1. The zero-order chi connectivity index (χ0) is 10.0. The minimum Gasteiger partial charge on any atom is -0.366 e. The number of hydrogen-bond acceptors (Lipinski definition) is 2. The third-order valence-electron chi connectivity index (χ3n) is 1.82. The number of carbonyl (C=O) groups is 2.